The highest BCUT2D eigenvalue weighted by atomic mass is 16.2. The Morgan fingerprint density at radius 2 is 2.00 bits per heavy atom. The zero-order valence-corrected chi connectivity index (χ0v) is 12.9. The van der Waals surface area contributed by atoms with Crippen molar-refractivity contribution >= 4 is 5.91 Å². The van der Waals surface area contributed by atoms with Crippen LogP contribution in [0.4, 0.5) is 0 Å². The second-order valence-electron chi connectivity index (χ2n) is 6.52. The normalized spacial score (nSPS) is 14.2. The molecule has 0 radical (unpaired) electrons. The van der Waals surface area contributed by atoms with Crippen molar-refractivity contribution < 1.29 is 4.79 Å². The van der Waals surface area contributed by atoms with Gasteiger partial charge in [0, 0.05) is 18.7 Å². The maximum absolute atomic E-state index is 12.7. The number of nitrogens with zero attached hydrogens (tertiary/aromatic N) is 1. The second kappa shape index (κ2) is 5.96. The number of hydrogen-bond acceptors (Lipinski definition) is 2. The molecule has 2 N–H and O–H groups in total. The molecule has 0 atom stereocenters. The van der Waals surface area contributed by atoms with Gasteiger partial charge in [0.25, 0.3) is 5.91 Å². The van der Waals surface area contributed by atoms with E-state index in [-0.39, 0.29) is 11.3 Å². The maximum atomic E-state index is 12.7. The largest absolute Gasteiger partial charge is 0.338 e. The Hall–Kier alpha value is -1.35. The van der Waals surface area contributed by atoms with E-state index in [4.69, 9.17) is 5.73 Å². The quantitative estimate of drug-likeness (QED) is 0.897. The minimum absolute atomic E-state index is 0.0393. The summed E-state index contributed by atoms with van der Waals surface area (Å²) in [6, 6.07) is 6.19. The van der Waals surface area contributed by atoms with Gasteiger partial charge < -0.3 is 10.6 Å². The van der Waals surface area contributed by atoms with Crippen molar-refractivity contribution in [2.24, 2.45) is 11.1 Å². The topological polar surface area (TPSA) is 46.3 Å². The number of carbonyl (C=O) groups is 1. The molecule has 0 saturated carbocycles. The molecule has 1 aliphatic rings. The van der Waals surface area contributed by atoms with E-state index in [9.17, 15) is 4.79 Å². The SMILES string of the molecule is CCN(CC(C)(C)CN)C(=O)c1ccc2c(c1)CCC2. The zero-order valence-electron chi connectivity index (χ0n) is 12.9. The first-order chi connectivity index (χ1) is 9.46. The number of amides is 1. The molecular weight excluding hydrogens is 248 g/mol. The third-order valence-electron chi connectivity index (χ3n) is 4.19. The highest BCUT2D eigenvalue weighted by Crippen LogP contribution is 2.24. The Kier molecular flexibility index (Phi) is 4.48. The summed E-state index contributed by atoms with van der Waals surface area (Å²) in [5, 5.41) is 0. The van der Waals surface area contributed by atoms with Crippen molar-refractivity contribution in [3.8, 4) is 0 Å². The van der Waals surface area contributed by atoms with Crippen LogP contribution in [-0.2, 0) is 12.8 Å². The standard InChI is InChI=1S/C17H26N2O/c1-4-19(12-17(2,3)11-18)16(20)15-9-8-13-6-5-7-14(13)10-15/h8-10H,4-7,11-12,18H2,1-3H3. The van der Waals surface area contributed by atoms with Gasteiger partial charge in [0.1, 0.15) is 0 Å². The predicted molar refractivity (Wildman–Crippen MR) is 82.9 cm³/mol. The van der Waals surface area contributed by atoms with Gasteiger partial charge in [0.05, 0.1) is 0 Å². The van der Waals surface area contributed by atoms with E-state index >= 15 is 0 Å². The fourth-order valence-corrected chi connectivity index (χ4v) is 2.80. The first-order valence-electron chi connectivity index (χ1n) is 7.58. The van der Waals surface area contributed by atoms with Crippen molar-refractivity contribution in [2.45, 2.75) is 40.0 Å². The van der Waals surface area contributed by atoms with E-state index in [0.717, 1.165) is 24.9 Å². The minimum atomic E-state index is -0.0393. The molecule has 0 saturated heterocycles. The Morgan fingerprint density at radius 1 is 1.30 bits per heavy atom. The second-order valence-corrected chi connectivity index (χ2v) is 6.52. The molecule has 3 nitrogen and oxygen atoms in total. The van der Waals surface area contributed by atoms with Gasteiger partial charge in [-0.2, -0.15) is 0 Å². The average Bonchev–Trinajstić information content (AvgIpc) is 2.91. The summed E-state index contributed by atoms with van der Waals surface area (Å²) in [7, 11) is 0. The molecule has 0 aromatic heterocycles. The lowest BCUT2D eigenvalue weighted by Crippen LogP contribution is -2.42. The average molecular weight is 274 g/mol. The van der Waals surface area contributed by atoms with Crippen LogP contribution in [0.1, 0.15) is 48.7 Å². The third kappa shape index (κ3) is 3.21. The van der Waals surface area contributed by atoms with Crippen molar-refractivity contribution in [3.63, 3.8) is 0 Å². The Bertz CT molecular complexity index is 494. The molecule has 0 heterocycles. The number of rotatable bonds is 5. The lowest BCUT2D eigenvalue weighted by molar-refractivity contribution is 0.0700. The third-order valence-corrected chi connectivity index (χ3v) is 4.19. The van der Waals surface area contributed by atoms with Crippen LogP contribution in [0.3, 0.4) is 0 Å². The number of aryl methyl sites for hydroxylation is 2. The van der Waals surface area contributed by atoms with Gasteiger partial charge in [-0.05, 0) is 61.4 Å². The summed E-state index contributed by atoms with van der Waals surface area (Å²) in [5.74, 6) is 0.128. The Labute approximate surface area is 122 Å². The van der Waals surface area contributed by atoms with Crippen LogP contribution in [0.15, 0.2) is 18.2 Å². The summed E-state index contributed by atoms with van der Waals surface area (Å²) >= 11 is 0. The van der Waals surface area contributed by atoms with Crippen molar-refractivity contribution in [3.05, 3.63) is 34.9 Å². The van der Waals surface area contributed by atoms with E-state index < -0.39 is 0 Å². The smallest absolute Gasteiger partial charge is 0.253 e. The first kappa shape index (κ1) is 15.0. The summed E-state index contributed by atoms with van der Waals surface area (Å²) in [6.07, 6.45) is 3.48. The first-order valence-corrected chi connectivity index (χ1v) is 7.58. The zero-order chi connectivity index (χ0) is 14.8. The van der Waals surface area contributed by atoms with Gasteiger partial charge in [-0.3, -0.25) is 4.79 Å². The van der Waals surface area contributed by atoms with E-state index in [1.54, 1.807) is 0 Å². The summed E-state index contributed by atoms with van der Waals surface area (Å²) in [5.41, 5.74) is 9.33. The maximum Gasteiger partial charge on any atom is 0.253 e. The predicted octanol–water partition coefficient (Wildman–Crippen LogP) is 2.62. The Balaban J connectivity index is 2.16. The minimum Gasteiger partial charge on any atom is -0.338 e. The number of benzene rings is 1. The Morgan fingerprint density at radius 3 is 2.65 bits per heavy atom. The van der Waals surface area contributed by atoms with Gasteiger partial charge >= 0.3 is 0 Å². The summed E-state index contributed by atoms with van der Waals surface area (Å²) < 4.78 is 0. The number of carbonyl (C=O) groups excluding carboxylic acids is 1. The van der Waals surface area contributed by atoms with E-state index in [2.05, 4.69) is 26.0 Å². The highest BCUT2D eigenvalue weighted by Gasteiger charge is 2.24. The van der Waals surface area contributed by atoms with Crippen LogP contribution in [0.25, 0.3) is 0 Å². The molecule has 0 unspecified atom stereocenters. The van der Waals surface area contributed by atoms with E-state index in [1.807, 2.05) is 17.9 Å². The van der Waals surface area contributed by atoms with Gasteiger partial charge in [-0.1, -0.05) is 19.9 Å². The molecule has 0 fully saturated rings. The molecule has 3 heteroatoms. The van der Waals surface area contributed by atoms with Gasteiger partial charge in [-0.15, -0.1) is 0 Å². The molecule has 20 heavy (non-hydrogen) atoms. The molecule has 1 aromatic carbocycles. The molecular formula is C17H26N2O. The molecule has 1 amide bonds. The van der Waals surface area contributed by atoms with Crippen LogP contribution in [-0.4, -0.2) is 30.4 Å². The van der Waals surface area contributed by atoms with Crippen LogP contribution in [0.5, 0.6) is 0 Å². The van der Waals surface area contributed by atoms with Crippen molar-refractivity contribution in [2.75, 3.05) is 19.6 Å². The number of fused-ring (bicyclic) bond motifs is 1. The highest BCUT2D eigenvalue weighted by molar-refractivity contribution is 5.94. The van der Waals surface area contributed by atoms with Crippen LogP contribution >= 0.6 is 0 Å². The van der Waals surface area contributed by atoms with Gasteiger partial charge in [0.2, 0.25) is 0 Å². The summed E-state index contributed by atoms with van der Waals surface area (Å²) in [4.78, 5) is 14.6. The molecule has 2 rings (SSSR count). The molecule has 0 aliphatic heterocycles. The molecule has 0 bridgehead atoms. The molecule has 0 spiro atoms. The lowest BCUT2D eigenvalue weighted by Gasteiger charge is -2.31. The van der Waals surface area contributed by atoms with Gasteiger partial charge in [0.15, 0.2) is 0 Å². The van der Waals surface area contributed by atoms with Crippen molar-refractivity contribution in [1.29, 1.82) is 0 Å². The molecule has 1 aromatic rings. The molecule has 110 valence electrons. The molecule has 1 aliphatic carbocycles. The number of nitrogens with two attached hydrogens (primary N) is 1. The fourth-order valence-electron chi connectivity index (χ4n) is 2.80. The lowest BCUT2D eigenvalue weighted by atomic mass is 9.92. The van der Waals surface area contributed by atoms with Crippen LogP contribution in [0.2, 0.25) is 0 Å². The van der Waals surface area contributed by atoms with E-state index in [0.29, 0.717) is 13.1 Å². The van der Waals surface area contributed by atoms with Crippen LogP contribution < -0.4 is 5.73 Å². The monoisotopic (exact) mass is 274 g/mol. The number of hydrogen-bond donors (Lipinski definition) is 1. The van der Waals surface area contributed by atoms with Crippen LogP contribution in [0, 0.1) is 5.41 Å². The van der Waals surface area contributed by atoms with Crippen molar-refractivity contribution in [1.82, 2.24) is 4.90 Å². The summed E-state index contributed by atoms with van der Waals surface area (Å²) in [6.45, 7) is 8.24. The van der Waals surface area contributed by atoms with Gasteiger partial charge in [-0.25, -0.2) is 0 Å². The fraction of sp³-hybridized carbons (Fsp3) is 0.588. The van der Waals surface area contributed by atoms with E-state index in [1.165, 1.54) is 17.5 Å².